The number of rotatable bonds is 5. The Morgan fingerprint density at radius 2 is 1.87 bits per heavy atom. The maximum atomic E-state index is 9.28. The average Bonchev–Trinajstić information content (AvgIpc) is 3.00. The molecule has 124 valence electrons. The molecule has 0 atom stereocenters. The van der Waals surface area contributed by atoms with Gasteiger partial charge in [0.25, 0.3) is 0 Å². The highest BCUT2D eigenvalue weighted by molar-refractivity contribution is 5.33. The van der Waals surface area contributed by atoms with Crippen LogP contribution in [0, 0.1) is 5.92 Å². The molecule has 2 heterocycles. The Kier molecular flexibility index (Phi) is 5.13. The molecule has 1 aliphatic heterocycles. The molecule has 0 aliphatic carbocycles. The SMILES string of the molecule is CC(C)c1nn(-c2ccccc2)cc1CN1CCC(CO)CC1. The highest BCUT2D eigenvalue weighted by atomic mass is 16.3. The first-order chi connectivity index (χ1) is 11.2. The van der Waals surface area contributed by atoms with Crippen LogP contribution in [0.4, 0.5) is 0 Å². The predicted molar refractivity (Wildman–Crippen MR) is 92.7 cm³/mol. The quantitative estimate of drug-likeness (QED) is 0.921. The number of piperidine rings is 1. The van der Waals surface area contributed by atoms with Crippen molar-refractivity contribution in [1.82, 2.24) is 14.7 Å². The van der Waals surface area contributed by atoms with Gasteiger partial charge in [-0.1, -0.05) is 32.0 Å². The Morgan fingerprint density at radius 3 is 2.48 bits per heavy atom. The fraction of sp³-hybridized carbons (Fsp3) is 0.526. The topological polar surface area (TPSA) is 41.3 Å². The molecule has 0 unspecified atom stereocenters. The molecule has 1 aliphatic rings. The number of para-hydroxylation sites is 1. The molecule has 4 heteroatoms. The van der Waals surface area contributed by atoms with Gasteiger partial charge < -0.3 is 5.11 Å². The summed E-state index contributed by atoms with van der Waals surface area (Å²) in [5.41, 5.74) is 3.63. The Labute approximate surface area is 138 Å². The molecule has 1 aromatic carbocycles. The van der Waals surface area contributed by atoms with E-state index in [4.69, 9.17) is 5.10 Å². The molecule has 1 N–H and O–H groups in total. The van der Waals surface area contributed by atoms with E-state index in [2.05, 4.69) is 37.1 Å². The molecular weight excluding hydrogens is 286 g/mol. The first kappa shape index (κ1) is 16.2. The summed E-state index contributed by atoms with van der Waals surface area (Å²) in [6.45, 7) is 7.84. The second kappa shape index (κ2) is 7.28. The molecule has 1 aromatic heterocycles. The van der Waals surface area contributed by atoms with E-state index in [1.807, 2.05) is 22.9 Å². The normalized spacial score (nSPS) is 17.0. The first-order valence-electron chi connectivity index (χ1n) is 8.64. The van der Waals surface area contributed by atoms with Gasteiger partial charge in [-0.25, -0.2) is 4.68 Å². The van der Waals surface area contributed by atoms with Crippen molar-refractivity contribution in [2.45, 2.75) is 39.2 Å². The predicted octanol–water partition coefficient (Wildman–Crippen LogP) is 3.20. The molecule has 1 saturated heterocycles. The lowest BCUT2D eigenvalue weighted by atomic mass is 9.97. The van der Waals surface area contributed by atoms with Gasteiger partial charge >= 0.3 is 0 Å². The van der Waals surface area contributed by atoms with E-state index < -0.39 is 0 Å². The molecule has 0 amide bonds. The van der Waals surface area contributed by atoms with Crippen LogP contribution < -0.4 is 0 Å². The van der Waals surface area contributed by atoms with E-state index in [0.29, 0.717) is 18.4 Å². The van der Waals surface area contributed by atoms with Crippen LogP contribution in [0.1, 0.15) is 43.9 Å². The van der Waals surface area contributed by atoms with E-state index in [9.17, 15) is 5.11 Å². The zero-order valence-electron chi connectivity index (χ0n) is 14.2. The van der Waals surface area contributed by atoms with Crippen LogP contribution in [0.3, 0.4) is 0 Å². The molecule has 4 nitrogen and oxygen atoms in total. The van der Waals surface area contributed by atoms with Crippen molar-refractivity contribution in [3.63, 3.8) is 0 Å². The van der Waals surface area contributed by atoms with Crippen LogP contribution in [0.15, 0.2) is 36.5 Å². The fourth-order valence-electron chi connectivity index (χ4n) is 3.31. The van der Waals surface area contributed by atoms with E-state index in [-0.39, 0.29) is 0 Å². The molecule has 0 bridgehead atoms. The molecular formula is C19H27N3O. The fourth-order valence-corrected chi connectivity index (χ4v) is 3.31. The summed E-state index contributed by atoms with van der Waals surface area (Å²) in [7, 11) is 0. The van der Waals surface area contributed by atoms with Crippen LogP contribution in [-0.2, 0) is 6.54 Å². The minimum Gasteiger partial charge on any atom is -0.396 e. The maximum Gasteiger partial charge on any atom is 0.0699 e. The molecule has 3 rings (SSSR count). The summed E-state index contributed by atoms with van der Waals surface area (Å²) in [6.07, 6.45) is 4.38. The summed E-state index contributed by atoms with van der Waals surface area (Å²) in [5.74, 6) is 0.910. The number of likely N-dealkylation sites (tertiary alicyclic amines) is 1. The van der Waals surface area contributed by atoms with Crippen LogP contribution in [-0.4, -0.2) is 39.5 Å². The van der Waals surface area contributed by atoms with Crippen molar-refractivity contribution in [1.29, 1.82) is 0 Å². The van der Waals surface area contributed by atoms with Gasteiger partial charge in [-0.2, -0.15) is 5.10 Å². The van der Waals surface area contributed by atoms with E-state index >= 15 is 0 Å². The number of hydrogen-bond donors (Lipinski definition) is 1. The number of nitrogens with zero attached hydrogens (tertiary/aromatic N) is 3. The zero-order chi connectivity index (χ0) is 16.2. The zero-order valence-corrected chi connectivity index (χ0v) is 14.2. The molecule has 0 saturated carbocycles. The van der Waals surface area contributed by atoms with Gasteiger partial charge in [0.1, 0.15) is 0 Å². The monoisotopic (exact) mass is 313 g/mol. The first-order valence-corrected chi connectivity index (χ1v) is 8.64. The Hall–Kier alpha value is -1.65. The average molecular weight is 313 g/mol. The van der Waals surface area contributed by atoms with Crippen LogP contribution in [0.2, 0.25) is 0 Å². The van der Waals surface area contributed by atoms with Gasteiger partial charge in [-0.05, 0) is 49.9 Å². The van der Waals surface area contributed by atoms with E-state index in [1.54, 1.807) is 0 Å². The van der Waals surface area contributed by atoms with Gasteiger partial charge in [-0.3, -0.25) is 4.90 Å². The molecule has 2 aromatic rings. The number of aliphatic hydroxyl groups excluding tert-OH is 1. The Balaban J connectivity index is 1.77. The third kappa shape index (κ3) is 3.82. The third-order valence-electron chi connectivity index (χ3n) is 4.75. The van der Waals surface area contributed by atoms with E-state index in [0.717, 1.165) is 38.2 Å². The minimum absolute atomic E-state index is 0.330. The molecule has 0 spiro atoms. The maximum absolute atomic E-state index is 9.28. The summed E-state index contributed by atoms with van der Waals surface area (Å²) in [5, 5.41) is 14.1. The van der Waals surface area contributed by atoms with Gasteiger partial charge in [0.2, 0.25) is 0 Å². The second-order valence-corrected chi connectivity index (χ2v) is 6.88. The largest absolute Gasteiger partial charge is 0.396 e. The number of hydrogen-bond acceptors (Lipinski definition) is 3. The van der Waals surface area contributed by atoms with Crippen molar-refractivity contribution >= 4 is 0 Å². The van der Waals surface area contributed by atoms with Crippen molar-refractivity contribution in [3.8, 4) is 5.69 Å². The second-order valence-electron chi connectivity index (χ2n) is 6.88. The van der Waals surface area contributed by atoms with Crippen molar-refractivity contribution < 1.29 is 5.11 Å². The van der Waals surface area contributed by atoms with Crippen molar-refractivity contribution in [3.05, 3.63) is 47.8 Å². The lowest BCUT2D eigenvalue weighted by Gasteiger charge is -2.31. The molecule has 0 radical (unpaired) electrons. The summed E-state index contributed by atoms with van der Waals surface area (Å²) in [4.78, 5) is 2.49. The summed E-state index contributed by atoms with van der Waals surface area (Å²) >= 11 is 0. The van der Waals surface area contributed by atoms with Crippen molar-refractivity contribution in [2.75, 3.05) is 19.7 Å². The van der Waals surface area contributed by atoms with E-state index in [1.165, 1.54) is 11.3 Å². The molecule has 23 heavy (non-hydrogen) atoms. The smallest absolute Gasteiger partial charge is 0.0699 e. The standard InChI is InChI=1S/C19H27N3O/c1-15(2)19-17(12-21-10-8-16(14-23)9-11-21)13-22(20-19)18-6-4-3-5-7-18/h3-7,13,15-16,23H,8-12,14H2,1-2H3. The van der Waals surface area contributed by atoms with Gasteiger partial charge in [0, 0.05) is 24.9 Å². The number of aliphatic hydroxyl groups is 1. The van der Waals surface area contributed by atoms with Gasteiger partial charge in [-0.15, -0.1) is 0 Å². The Morgan fingerprint density at radius 1 is 1.17 bits per heavy atom. The number of aromatic nitrogens is 2. The van der Waals surface area contributed by atoms with Gasteiger partial charge in [0.05, 0.1) is 11.4 Å². The molecule has 1 fully saturated rings. The van der Waals surface area contributed by atoms with Crippen LogP contribution in [0.25, 0.3) is 5.69 Å². The third-order valence-corrected chi connectivity index (χ3v) is 4.75. The lowest BCUT2D eigenvalue weighted by Crippen LogP contribution is -2.34. The number of benzene rings is 1. The highest BCUT2D eigenvalue weighted by Crippen LogP contribution is 2.24. The lowest BCUT2D eigenvalue weighted by molar-refractivity contribution is 0.127. The highest BCUT2D eigenvalue weighted by Gasteiger charge is 2.21. The van der Waals surface area contributed by atoms with Gasteiger partial charge in [0.15, 0.2) is 0 Å². The van der Waals surface area contributed by atoms with Crippen molar-refractivity contribution in [2.24, 2.45) is 5.92 Å². The minimum atomic E-state index is 0.330. The Bertz CT molecular complexity index is 613. The summed E-state index contributed by atoms with van der Waals surface area (Å²) in [6, 6.07) is 10.3. The summed E-state index contributed by atoms with van der Waals surface area (Å²) < 4.78 is 2.01. The van der Waals surface area contributed by atoms with Crippen LogP contribution >= 0.6 is 0 Å². The van der Waals surface area contributed by atoms with Crippen LogP contribution in [0.5, 0.6) is 0 Å².